The molecule has 0 unspecified atom stereocenters. The zero-order chi connectivity index (χ0) is 19.6. The molecule has 0 fully saturated rings. The molecule has 1 heterocycles. The second-order valence-corrected chi connectivity index (χ2v) is 7.32. The Kier molecular flexibility index (Phi) is 5.79. The fourth-order valence-corrected chi connectivity index (χ4v) is 3.89. The van der Waals surface area contributed by atoms with Gasteiger partial charge in [-0.25, -0.2) is 4.39 Å². The number of aryl methyl sites for hydroxylation is 1. The summed E-state index contributed by atoms with van der Waals surface area (Å²) in [5.74, 6) is 0.664. The predicted molar refractivity (Wildman–Crippen MR) is 109 cm³/mol. The molecule has 0 saturated carbocycles. The largest absolute Gasteiger partial charge is 0.455 e. The first kappa shape index (κ1) is 19.3. The third kappa shape index (κ3) is 3.83. The lowest BCUT2D eigenvalue weighted by molar-refractivity contribution is 0.101. The fourth-order valence-electron chi connectivity index (χ4n) is 3.89. The number of halogens is 1. The molecule has 0 saturated heterocycles. The van der Waals surface area contributed by atoms with E-state index in [9.17, 15) is 9.18 Å². The molecule has 0 aliphatic rings. The van der Waals surface area contributed by atoms with Crippen LogP contribution in [-0.2, 0) is 0 Å². The highest BCUT2D eigenvalue weighted by Gasteiger charge is 2.22. The van der Waals surface area contributed by atoms with Gasteiger partial charge in [0.1, 0.15) is 17.2 Å². The minimum Gasteiger partial charge on any atom is -0.455 e. The molecular formula is C24H27FO2. The summed E-state index contributed by atoms with van der Waals surface area (Å²) in [5.41, 5.74) is 4.51. The molecule has 3 aromatic rings. The zero-order valence-corrected chi connectivity index (χ0v) is 16.6. The van der Waals surface area contributed by atoms with Crippen LogP contribution < -0.4 is 0 Å². The molecule has 2 aromatic carbocycles. The number of furan rings is 1. The first-order valence-corrected chi connectivity index (χ1v) is 9.80. The summed E-state index contributed by atoms with van der Waals surface area (Å²) in [5, 5.41) is 0.859. The normalized spacial score (nSPS) is 12.5. The van der Waals surface area contributed by atoms with Gasteiger partial charge in [-0.05, 0) is 80.1 Å². The van der Waals surface area contributed by atoms with Crippen LogP contribution in [0.3, 0.4) is 0 Å². The van der Waals surface area contributed by atoms with Gasteiger partial charge in [0.2, 0.25) is 0 Å². The second kappa shape index (κ2) is 8.08. The number of carbonyl (C=O) groups is 1. The van der Waals surface area contributed by atoms with Crippen molar-refractivity contribution in [3.05, 3.63) is 58.9 Å². The van der Waals surface area contributed by atoms with E-state index in [0.29, 0.717) is 22.8 Å². The second-order valence-electron chi connectivity index (χ2n) is 7.32. The Morgan fingerprint density at radius 3 is 2.44 bits per heavy atom. The summed E-state index contributed by atoms with van der Waals surface area (Å²) in [6, 6.07) is 10.3. The Morgan fingerprint density at radius 2 is 1.85 bits per heavy atom. The van der Waals surface area contributed by atoms with Crippen LogP contribution >= 0.6 is 0 Å². The highest BCUT2D eigenvalue weighted by atomic mass is 19.1. The van der Waals surface area contributed by atoms with E-state index in [2.05, 4.69) is 26.8 Å². The van der Waals surface area contributed by atoms with Gasteiger partial charge in [0.05, 0.1) is 5.56 Å². The SMILES string of the molecule is CCCC[C@H](CC)c1cc2c(C(C)=O)c(-c3ccc(F)cc3)oc2cc1C. The van der Waals surface area contributed by atoms with Crippen molar-refractivity contribution in [1.82, 2.24) is 0 Å². The quantitative estimate of drug-likeness (QED) is 0.407. The minimum atomic E-state index is -0.306. The summed E-state index contributed by atoms with van der Waals surface area (Å²) >= 11 is 0. The number of carbonyl (C=O) groups excluding carboxylic acids is 1. The van der Waals surface area contributed by atoms with Crippen molar-refractivity contribution in [2.45, 2.75) is 59.3 Å². The molecule has 0 N–H and O–H groups in total. The number of benzene rings is 2. The predicted octanol–water partition coefficient (Wildman–Crippen LogP) is 7.43. The molecule has 27 heavy (non-hydrogen) atoms. The molecule has 0 spiro atoms. The number of Topliss-reactive ketones (excluding diaryl/α,β-unsaturated/α-hetero) is 1. The van der Waals surface area contributed by atoms with Gasteiger partial charge in [0, 0.05) is 10.9 Å². The molecule has 2 nitrogen and oxygen atoms in total. The molecule has 3 rings (SSSR count). The van der Waals surface area contributed by atoms with Gasteiger partial charge in [-0.3, -0.25) is 4.79 Å². The van der Waals surface area contributed by atoms with Crippen molar-refractivity contribution in [2.24, 2.45) is 0 Å². The van der Waals surface area contributed by atoms with E-state index < -0.39 is 0 Å². The number of rotatable bonds is 7. The molecule has 1 aromatic heterocycles. The van der Waals surface area contributed by atoms with Crippen LogP contribution in [0, 0.1) is 12.7 Å². The zero-order valence-electron chi connectivity index (χ0n) is 16.6. The van der Waals surface area contributed by atoms with Gasteiger partial charge >= 0.3 is 0 Å². The molecule has 1 atom stereocenters. The van der Waals surface area contributed by atoms with Gasteiger partial charge in [-0.15, -0.1) is 0 Å². The monoisotopic (exact) mass is 366 g/mol. The molecule has 0 aliphatic heterocycles. The first-order chi connectivity index (χ1) is 13.0. The van der Waals surface area contributed by atoms with Crippen LogP contribution in [0.5, 0.6) is 0 Å². The van der Waals surface area contributed by atoms with Crippen LogP contribution in [0.25, 0.3) is 22.3 Å². The number of ketones is 1. The molecule has 0 radical (unpaired) electrons. The van der Waals surface area contributed by atoms with Crippen LogP contribution in [0.4, 0.5) is 4.39 Å². The van der Waals surface area contributed by atoms with E-state index in [-0.39, 0.29) is 11.6 Å². The van der Waals surface area contributed by atoms with Crippen molar-refractivity contribution < 1.29 is 13.6 Å². The lowest BCUT2D eigenvalue weighted by Gasteiger charge is -2.17. The lowest BCUT2D eigenvalue weighted by atomic mass is 9.87. The Hall–Kier alpha value is -2.42. The number of fused-ring (bicyclic) bond motifs is 1. The van der Waals surface area contributed by atoms with E-state index in [1.54, 1.807) is 19.1 Å². The van der Waals surface area contributed by atoms with Crippen molar-refractivity contribution in [1.29, 1.82) is 0 Å². The summed E-state index contributed by atoms with van der Waals surface area (Å²) in [4.78, 5) is 12.5. The van der Waals surface area contributed by atoms with Crippen molar-refractivity contribution in [3.63, 3.8) is 0 Å². The molecule has 0 bridgehead atoms. The highest BCUT2D eigenvalue weighted by Crippen LogP contribution is 2.38. The van der Waals surface area contributed by atoms with Crippen LogP contribution in [0.2, 0.25) is 0 Å². The maximum absolute atomic E-state index is 13.3. The third-order valence-electron chi connectivity index (χ3n) is 5.37. The lowest BCUT2D eigenvalue weighted by Crippen LogP contribution is -2.01. The Balaban J connectivity index is 2.19. The minimum absolute atomic E-state index is 0.0375. The fraction of sp³-hybridized carbons (Fsp3) is 0.375. The number of hydrogen-bond acceptors (Lipinski definition) is 2. The average Bonchev–Trinajstić information content (AvgIpc) is 3.01. The van der Waals surface area contributed by atoms with E-state index >= 15 is 0 Å². The molecule has 0 aliphatic carbocycles. The average molecular weight is 366 g/mol. The van der Waals surface area contributed by atoms with E-state index in [1.165, 1.54) is 36.1 Å². The number of unbranched alkanes of at least 4 members (excludes halogenated alkanes) is 1. The summed E-state index contributed by atoms with van der Waals surface area (Å²) in [6.07, 6.45) is 4.60. The van der Waals surface area contributed by atoms with E-state index in [0.717, 1.165) is 23.8 Å². The molecule has 0 amide bonds. The third-order valence-corrected chi connectivity index (χ3v) is 5.37. The topological polar surface area (TPSA) is 30.2 Å². The molecule has 142 valence electrons. The summed E-state index contributed by atoms with van der Waals surface area (Å²) in [7, 11) is 0. The maximum Gasteiger partial charge on any atom is 0.164 e. The Labute approximate surface area is 160 Å². The van der Waals surface area contributed by atoms with Gasteiger partial charge in [0.25, 0.3) is 0 Å². The molecular weight excluding hydrogens is 339 g/mol. The number of hydrogen-bond donors (Lipinski definition) is 0. The molecule has 3 heteroatoms. The van der Waals surface area contributed by atoms with Crippen molar-refractivity contribution in [3.8, 4) is 11.3 Å². The van der Waals surface area contributed by atoms with Crippen LogP contribution in [0.15, 0.2) is 40.8 Å². The highest BCUT2D eigenvalue weighted by molar-refractivity contribution is 6.11. The first-order valence-electron chi connectivity index (χ1n) is 9.80. The van der Waals surface area contributed by atoms with Crippen molar-refractivity contribution in [2.75, 3.05) is 0 Å². The van der Waals surface area contributed by atoms with Crippen LogP contribution in [0.1, 0.15) is 73.9 Å². The Bertz CT molecular complexity index is 951. The Morgan fingerprint density at radius 1 is 1.15 bits per heavy atom. The summed E-state index contributed by atoms with van der Waals surface area (Å²) in [6.45, 7) is 8.10. The standard InChI is InChI=1S/C24H27FO2/c1-5-7-8-17(6-2)20-14-21-22(13-15(20)3)27-24(23(21)16(4)26)18-9-11-19(25)12-10-18/h9-14,17H,5-8H2,1-4H3/t17-/m0/s1. The summed E-state index contributed by atoms with van der Waals surface area (Å²) < 4.78 is 19.4. The maximum atomic E-state index is 13.3. The van der Waals surface area contributed by atoms with Gasteiger partial charge < -0.3 is 4.42 Å². The smallest absolute Gasteiger partial charge is 0.164 e. The van der Waals surface area contributed by atoms with E-state index in [1.807, 2.05) is 6.07 Å². The van der Waals surface area contributed by atoms with Crippen molar-refractivity contribution >= 4 is 16.8 Å². The van der Waals surface area contributed by atoms with Gasteiger partial charge in [-0.2, -0.15) is 0 Å². The van der Waals surface area contributed by atoms with E-state index in [4.69, 9.17) is 4.42 Å². The van der Waals surface area contributed by atoms with Crippen LogP contribution in [-0.4, -0.2) is 5.78 Å². The van der Waals surface area contributed by atoms with Gasteiger partial charge in [-0.1, -0.05) is 26.7 Å². The van der Waals surface area contributed by atoms with Gasteiger partial charge in [0.15, 0.2) is 5.78 Å².